The van der Waals surface area contributed by atoms with Gasteiger partial charge in [0, 0.05) is 32.1 Å². The number of aryl methyl sites for hydroxylation is 1. The maximum Gasteiger partial charge on any atom is 0.410 e. The van der Waals surface area contributed by atoms with Crippen LogP contribution in [-0.4, -0.2) is 52.4 Å². The van der Waals surface area contributed by atoms with E-state index in [9.17, 15) is 14.0 Å². The summed E-state index contributed by atoms with van der Waals surface area (Å²) >= 11 is 0. The summed E-state index contributed by atoms with van der Waals surface area (Å²) in [7, 11) is 0. The minimum absolute atomic E-state index is 0.100. The normalized spacial score (nSPS) is 16.0. The van der Waals surface area contributed by atoms with Gasteiger partial charge < -0.3 is 15.0 Å². The molecule has 0 atom stereocenters. The Kier molecular flexibility index (Phi) is 5.73. The van der Waals surface area contributed by atoms with Gasteiger partial charge in [-0.2, -0.15) is 5.10 Å². The SMILES string of the molecule is Cc1ccc(COC(=O)N2CCC(F)(CNC(=O)c3ccn[nH]3)CC2)cc1. The van der Waals surface area contributed by atoms with Gasteiger partial charge in [0.05, 0.1) is 6.54 Å². The van der Waals surface area contributed by atoms with Crippen molar-refractivity contribution in [2.75, 3.05) is 19.6 Å². The molecule has 1 aliphatic heterocycles. The minimum Gasteiger partial charge on any atom is -0.445 e. The lowest BCUT2D eigenvalue weighted by molar-refractivity contribution is 0.0397. The molecule has 2 amide bonds. The molecule has 0 radical (unpaired) electrons. The number of halogens is 1. The lowest BCUT2D eigenvalue weighted by Gasteiger charge is -2.35. The zero-order valence-electron chi connectivity index (χ0n) is 15.2. The Bertz CT molecular complexity index is 769. The molecule has 0 bridgehead atoms. The third-order valence-electron chi connectivity index (χ3n) is 4.71. The van der Waals surface area contributed by atoms with Gasteiger partial charge in [-0.3, -0.25) is 9.89 Å². The number of likely N-dealkylation sites (tertiary alicyclic amines) is 1. The summed E-state index contributed by atoms with van der Waals surface area (Å²) in [5.41, 5.74) is 0.798. The average Bonchev–Trinajstić information content (AvgIpc) is 3.21. The zero-order chi connectivity index (χ0) is 19.3. The number of alkyl halides is 1. The first-order valence-corrected chi connectivity index (χ1v) is 8.89. The van der Waals surface area contributed by atoms with Crippen LogP contribution in [0.5, 0.6) is 0 Å². The van der Waals surface area contributed by atoms with Gasteiger partial charge in [0.15, 0.2) is 0 Å². The fourth-order valence-electron chi connectivity index (χ4n) is 2.90. The second kappa shape index (κ2) is 8.20. The maximum absolute atomic E-state index is 14.9. The number of rotatable bonds is 5. The quantitative estimate of drug-likeness (QED) is 0.842. The van der Waals surface area contributed by atoms with Crippen molar-refractivity contribution >= 4 is 12.0 Å². The number of hydrogen-bond acceptors (Lipinski definition) is 4. The predicted octanol–water partition coefficient (Wildman–Crippen LogP) is 2.59. The number of benzene rings is 1. The van der Waals surface area contributed by atoms with E-state index in [0.717, 1.165) is 11.1 Å². The van der Waals surface area contributed by atoms with Gasteiger partial charge in [-0.25, -0.2) is 9.18 Å². The molecule has 0 spiro atoms. The molecule has 0 unspecified atom stereocenters. The van der Waals surface area contributed by atoms with Crippen molar-refractivity contribution in [2.45, 2.75) is 32.0 Å². The van der Waals surface area contributed by atoms with E-state index < -0.39 is 17.7 Å². The summed E-state index contributed by atoms with van der Waals surface area (Å²) in [4.78, 5) is 25.5. The monoisotopic (exact) mass is 374 g/mol. The predicted molar refractivity (Wildman–Crippen MR) is 96.9 cm³/mol. The van der Waals surface area contributed by atoms with E-state index in [1.807, 2.05) is 31.2 Å². The van der Waals surface area contributed by atoms with Gasteiger partial charge in [-0.1, -0.05) is 29.8 Å². The summed E-state index contributed by atoms with van der Waals surface area (Å²) in [5.74, 6) is -0.399. The largest absolute Gasteiger partial charge is 0.445 e. The van der Waals surface area contributed by atoms with E-state index in [4.69, 9.17) is 4.74 Å². The third kappa shape index (κ3) is 5.06. The summed E-state index contributed by atoms with van der Waals surface area (Å²) in [6.45, 7) is 2.59. The Morgan fingerprint density at radius 2 is 1.96 bits per heavy atom. The van der Waals surface area contributed by atoms with Gasteiger partial charge in [0.2, 0.25) is 0 Å². The van der Waals surface area contributed by atoms with Crippen LogP contribution in [0.1, 0.15) is 34.5 Å². The molecule has 1 aromatic carbocycles. The molecule has 7 nitrogen and oxygen atoms in total. The molecule has 0 aliphatic carbocycles. The molecule has 3 rings (SSSR count). The van der Waals surface area contributed by atoms with Crippen LogP contribution in [0.4, 0.5) is 9.18 Å². The Balaban J connectivity index is 1.42. The fourth-order valence-corrected chi connectivity index (χ4v) is 2.90. The minimum atomic E-state index is -1.54. The molecule has 27 heavy (non-hydrogen) atoms. The summed E-state index contributed by atoms with van der Waals surface area (Å²) < 4.78 is 20.2. The van der Waals surface area contributed by atoms with Gasteiger partial charge in [0.1, 0.15) is 18.0 Å². The van der Waals surface area contributed by atoms with E-state index >= 15 is 0 Å². The Morgan fingerprint density at radius 1 is 1.26 bits per heavy atom. The average molecular weight is 374 g/mol. The van der Waals surface area contributed by atoms with Gasteiger partial charge in [-0.05, 0) is 18.6 Å². The number of aromatic amines is 1. The maximum atomic E-state index is 14.9. The van der Waals surface area contributed by atoms with Crippen molar-refractivity contribution in [2.24, 2.45) is 0 Å². The number of ether oxygens (including phenoxy) is 1. The Hall–Kier alpha value is -2.90. The fraction of sp³-hybridized carbons (Fsp3) is 0.421. The molecular formula is C19H23FN4O3. The number of aromatic nitrogens is 2. The van der Waals surface area contributed by atoms with Crippen LogP contribution in [-0.2, 0) is 11.3 Å². The topological polar surface area (TPSA) is 87.3 Å². The number of piperidine rings is 1. The van der Waals surface area contributed by atoms with Crippen LogP contribution in [0.3, 0.4) is 0 Å². The van der Waals surface area contributed by atoms with Crippen molar-refractivity contribution in [1.29, 1.82) is 0 Å². The summed E-state index contributed by atoms with van der Waals surface area (Å²) in [6.07, 6.45) is 1.31. The second-order valence-electron chi connectivity index (χ2n) is 6.83. The first-order valence-electron chi connectivity index (χ1n) is 8.89. The van der Waals surface area contributed by atoms with Crippen LogP contribution in [0.15, 0.2) is 36.5 Å². The van der Waals surface area contributed by atoms with Gasteiger partial charge >= 0.3 is 6.09 Å². The lowest BCUT2D eigenvalue weighted by Crippen LogP contribution is -2.49. The van der Waals surface area contributed by atoms with Crippen LogP contribution in [0, 0.1) is 6.92 Å². The van der Waals surface area contributed by atoms with E-state index in [-0.39, 0.29) is 44.8 Å². The van der Waals surface area contributed by atoms with Crippen molar-refractivity contribution in [1.82, 2.24) is 20.4 Å². The molecular weight excluding hydrogens is 351 g/mol. The highest BCUT2D eigenvalue weighted by atomic mass is 19.1. The van der Waals surface area contributed by atoms with Crippen LogP contribution in [0.25, 0.3) is 0 Å². The molecule has 1 aromatic heterocycles. The molecule has 0 saturated carbocycles. The van der Waals surface area contributed by atoms with Crippen LogP contribution in [0.2, 0.25) is 0 Å². The molecule has 8 heteroatoms. The zero-order valence-corrected chi connectivity index (χ0v) is 15.2. The molecule has 1 fully saturated rings. The first-order chi connectivity index (χ1) is 13.0. The number of hydrogen-bond donors (Lipinski definition) is 2. The standard InChI is InChI=1S/C19H23FN4O3/c1-14-2-4-15(5-3-14)12-27-18(26)24-10-7-19(20,8-11-24)13-21-17(25)16-6-9-22-23-16/h2-6,9H,7-8,10-13H2,1H3,(H,21,25)(H,22,23). The summed E-state index contributed by atoms with van der Waals surface area (Å²) in [6, 6.07) is 9.26. The van der Waals surface area contributed by atoms with E-state index in [1.165, 1.54) is 17.2 Å². The number of carbonyl (C=O) groups is 2. The van der Waals surface area contributed by atoms with Crippen molar-refractivity contribution in [3.63, 3.8) is 0 Å². The van der Waals surface area contributed by atoms with Crippen LogP contribution >= 0.6 is 0 Å². The molecule has 2 heterocycles. The number of carbonyl (C=O) groups excluding carboxylic acids is 2. The number of nitrogens with zero attached hydrogens (tertiary/aromatic N) is 2. The Labute approximate surface area is 156 Å². The molecule has 1 saturated heterocycles. The third-order valence-corrected chi connectivity index (χ3v) is 4.71. The number of nitrogens with one attached hydrogen (secondary N) is 2. The van der Waals surface area contributed by atoms with Crippen molar-refractivity contribution in [3.05, 3.63) is 53.3 Å². The van der Waals surface area contributed by atoms with E-state index in [2.05, 4.69) is 15.5 Å². The van der Waals surface area contributed by atoms with Gasteiger partial charge in [-0.15, -0.1) is 0 Å². The lowest BCUT2D eigenvalue weighted by atomic mass is 9.93. The molecule has 1 aliphatic rings. The molecule has 2 N–H and O–H groups in total. The van der Waals surface area contributed by atoms with E-state index in [1.54, 1.807) is 0 Å². The van der Waals surface area contributed by atoms with Crippen LogP contribution < -0.4 is 5.32 Å². The van der Waals surface area contributed by atoms with E-state index in [0.29, 0.717) is 0 Å². The summed E-state index contributed by atoms with van der Waals surface area (Å²) in [5, 5.41) is 8.80. The second-order valence-corrected chi connectivity index (χ2v) is 6.83. The molecule has 2 aromatic rings. The Morgan fingerprint density at radius 3 is 2.59 bits per heavy atom. The number of H-pyrrole nitrogens is 1. The highest BCUT2D eigenvalue weighted by Gasteiger charge is 2.36. The van der Waals surface area contributed by atoms with Crippen molar-refractivity contribution < 1.29 is 18.7 Å². The van der Waals surface area contributed by atoms with Gasteiger partial charge in [0.25, 0.3) is 5.91 Å². The first kappa shape index (κ1) is 18.9. The highest BCUT2D eigenvalue weighted by Crippen LogP contribution is 2.26. The molecule has 144 valence electrons. The highest BCUT2D eigenvalue weighted by molar-refractivity contribution is 5.92. The van der Waals surface area contributed by atoms with Crippen molar-refractivity contribution in [3.8, 4) is 0 Å². The smallest absolute Gasteiger partial charge is 0.410 e. The number of amides is 2.